The first kappa shape index (κ1) is 16.4. The highest BCUT2D eigenvalue weighted by Gasteiger charge is 2.09. The molecule has 7 heteroatoms. The number of nitrogens with zero attached hydrogens (tertiary/aromatic N) is 1. The molecule has 1 aromatic heterocycles. The Morgan fingerprint density at radius 1 is 1.21 bits per heavy atom. The molecule has 3 aromatic rings. The fourth-order valence-corrected chi connectivity index (χ4v) is 3.27. The summed E-state index contributed by atoms with van der Waals surface area (Å²) >= 11 is 7.41. The predicted molar refractivity (Wildman–Crippen MR) is 96.8 cm³/mol. The van der Waals surface area contributed by atoms with Gasteiger partial charge in [-0.25, -0.2) is 4.98 Å². The van der Waals surface area contributed by atoms with Crippen molar-refractivity contribution >= 4 is 50.7 Å². The van der Waals surface area contributed by atoms with Crippen molar-refractivity contribution in [2.24, 2.45) is 0 Å². The molecule has 24 heavy (non-hydrogen) atoms. The minimum Gasteiger partial charge on any atom is -0.343 e. The number of hydrogen-bond acceptors (Lipinski definition) is 4. The monoisotopic (exact) mass is 359 g/mol. The molecule has 5 nitrogen and oxygen atoms in total. The zero-order valence-corrected chi connectivity index (χ0v) is 14.4. The van der Waals surface area contributed by atoms with E-state index < -0.39 is 0 Å². The number of anilines is 1. The van der Waals surface area contributed by atoms with E-state index in [2.05, 4.69) is 15.6 Å². The quantitative estimate of drug-likeness (QED) is 0.747. The zero-order valence-electron chi connectivity index (χ0n) is 12.8. The molecular formula is C17H14ClN3O2S. The number of carbonyl (C=O) groups is 2. The summed E-state index contributed by atoms with van der Waals surface area (Å²) in [5, 5.41) is 6.78. The number of thiazole rings is 1. The normalized spacial score (nSPS) is 10.6. The van der Waals surface area contributed by atoms with Crippen LogP contribution in [0.1, 0.15) is 15.4 Å². The molecule has 2 amide bonds. The maximum atomic E-state index is 12.0. The van der Waals surface area contributed by atoms with Gasteiger partial charge in [-0.1, -0.05) is 17.7 Å². The van der Waals surface area contributed by atoms with E-state index in [1.165, 1.54) is 0 Å². The van der Waals surface area contributed by atoms with E-state index in [9.17, 15) is 9.59 Å². The lowest BCUT2D eigenvalue weighted by molar-refractivity contribution is -0.115. The van der Waals surface area contributed by atoms with Crippen molar-refractivity contribution < 1.29 is 9.59 Å². The van der Waals surface area contributed by atoms with Gasteiger partial charge in [0.2, 0.25) is 5.91 Å². The van der Waals surface area contributed by atoms with Crippen LogP contribution in [-0.4, -0.2) is 23.3 Å². The number of halogens is 1. The SMILES string of the molecule is Cc1nc2ccc(NC(=O)CNC(=O)c3cccc(Cl)c3)cc2s1. The van der Waals surface area contributed by atoms with Crippen LogP contribution in [0.3, 0.4) is 0 Å². The molecule has 1 heterocycles. The van der Waals surface area contributed by atoms with Crippen LogP contribution in [0.5, 0.6) is 0 Å². The number of rotatable bonds is 4. The molecule has 0 saturated carbocycles. The third-order valence-electron chi connectivity index (χ3n) is 3.28. The van der Waals surface area contributed by atoms with Crippen LogP contribution in [0.15, 0.2) is 42.5 Å². The Morgan fingerprint density at radius 2 is 2.04 bits per heavy atom. The van der Waals surface area contributed by atoms with Gasteiger partial charge in [-0.15, -0.1) is 11.3 Å². The summed E-state index contributed by atoms with van der Waals surface area (Å²) < 4.78 is 1.01. The molecule has 0 unspecified atom stereocenters. The number of aromatic nitrogens is 1. The fourth-order valence-electron chi connectivity index (χ4n) is 2.22. The van der Waals surface area contributed by atoms with Crippen molar-refractivity contribution in [3.63, 3.8) is 0 Å². The molecule has 3 rings (SSSR count). The summed E-state index contributed by atoms with van der Waals surface area (Å²) in [6, 6.07) is 12.1. The standard InChI is InChI=1S/C17H14ClN3O2S/c1-10-20-14-6-5-13(8-15(14)24-10)21-16(22)9-19-17(23)11-3-2-4-12(18)7-11/h2-8H,9H2,1H3,(H,19,23)(H,21,22). The van der Waals surface area contributed by atoms with Gasteiger partial charge in [-0.3, -0.25) is 9.59 Å². The Labute approximate surface area is 147 Å². The van der Waals surface area contributed by atoms with E-state index in [-0.39, 0.29) is 18.4 Å². The Morgan fingerprint density at radius 3 is 2.83 bits per heavy atom. The van der Waals surface area contributed by atoms with Crippen molar-refractivity contribution in [1.29, 1.82) is 0 Å². The van der Waals surface area contributed by atoms with E-state index in [0.717, 1.165) is 15.2 Å². The number of hydrogen-bond donors (Lipinski definition) is 2. The maximum absolute atomic E-state index is 12.0. The Hall–Kier alpha value is -2.44. The maximum Gasteiger partial charge on any atom is 0.251 e. The lowest BCUT2D eigenvalue weighted by Crippen LogP contribution is -2.32. The fraction of sp³-hybridized carbons (Fsp3) is 0.118. The Kier molecular flexibility index (Phi) is 4.78. The van der Waals surface area contributed by atoms with Crippen molar-refractivity contribution in [3.8, 4) is 0 Å². The van der Waals surface area contributed by atoms with Gasteiger partial charge in [0.15, 0.2) is 0 Å². The molecule has 0 aliphatic heterocycles. The molecule has 2 N–H and O–H groups in total. The number of aryl methyl sites for hydroxylation is 1. The molecule has 0 aliphatic rings. The predicted octanol–water partition coefficient (Wildman–Crippen LogP) is 3.63. The highest BCUT2D eigenvalue weighted by Crippen LogP contribution is 2.24. The van der Waals surface area contributed by atoms with E-state index in [4.69, 9.17) is 11.6 Å². The first-order valence-electron chi connectivity index (χ1n) is 7.22. The number of nitrogens with one attached hydrogen (secondary N) is 2. The Bertz CT molecular complexity index is 923. The summed E-state index contributed by atoms with van der Waals surface area (Å²) in [6.45, 7) is 1.82. The lowest BCUT2D eigenvalue weighted by Gasteiger charge is -2.07. The van der Waals surface area contributed by atoms with Crippen molar-refractivity contribution in [1.82, 2.24) is 10.3 Å². The number of carbonyl (C=O) groups excluding carboxylic acids is 2. The van der Waals surface area contributed by atoms with Gasteiger partial charge in [0.25, 0.3) is 5.91 Å². The first-order chi connectivity index (χ1) is 11.5. The van der Waals surface area contributed by atoms with E-state index in [1.807, 2.05) is 19.1 Å². The van der Waals surface area contributed by atoms with Crippen LogP contribution in [0.25, 0.3) is 10.2 Å². The molecule has 0 radical (unpaired) electrons. The minimum absolute atomic E-state index is 0.120. The van der Waals surface area contributed by atoms with Crippen molar-refractivity contribution in [3.05, 3.63) is 58.1 Å². The van der Waals surface area contributed by atoms with Crippen LogP contribution in [-0.2, 0) is 4.79 Å². The summed E-state index contributed by atoms with van der Waals surface area (Å²) in [7, 11) is 0. The highest BCUT2D eigenvalue weighted by molar-refractivity contribution is 7.18. The molecular weight excluding hydrogens is 346 g/mol. The topological polar surface area (TPSA) is 71.1 Å². The molecule has 0 spiro atoms. The van der Waals surface area contributed by atoms with Gasteiger partial charge in [0, 0.05) is 16.3 Å². The molecule has 0 bridgehead atoms. The van der Waals surface area contributed by atoms with E-state index in [0.29, 0.717) is 16.3 Å². The van der Waals surface area contributed by atoms with Crippen LogP contribution in [0, 0.1) is 6.92 Å². The van der Waals surface area contributed by atoms with E-state index in [1.54, 1.807) is 41.7 Å². The molecule has 0 saturated heterocycles. The second-order valence-corrected chi connectivity index (χ2v) is 6.83. The van der Waals surface area contributed by atoms with Gasteiger partial charge in [-0.05, 0) is 43.3 Å². The van der Waals surface area contributed by atoms with Crippen molar-refractivity contribution in [2.45, 2.75) is 6.92 Å². The second kappa shape index (κ2) is 6.98. The molecule has 0 atom stereocenters. The molecule has 0 fully saturated rings. The average Bonchev–Trinajstić information content (AvgIpc) is 2.92. The van der Waals surface area contributed by atoms with Crippen LogP contribution >= 0.6 is 22.9 Å². The molecule has 0 aliphatic carbocycles. The molecule has 122 valence electrons. The number of amides is 2. The van der Waals surface area contributed by atoms with Gasteiger partial charge in [0.05, 0.1) is 21.8 Å². The third kappa shape index (κ3) is 3.90. The van der Waals surface area contributed by atoms with E-state index >= 15 is 0 Å². The summed E-state index contributed by atoms with van der Waals surface area (Å²) in [4.78, 5) is 28.3. The lowest BCUT2D eigenvalue weighted by atomic mass is 10.2. The Balaban J connectivity index is 1.59. The second-order valence-electron chi connectivity index (χ2n) is 5.16. The average molecular weight is 360 g/mol. The summed E-state index contributed by atoms with van der Waals surface area (Å²) in [6.07, 6.45) is 0. The number of benzene rings is 2. The summed E-state index contributed by atoms with van der Waals surface area (Å²) in [5.41, 5.74) is 2.00. The summed E-state index contributed by atoms with van der Waals surface area (Å²) in [5.74, 6) is -0.646. The molecule has 2 aromatic carbocycles. The third-order valence-corrected chi connectivity index (χ3v) is 4.44. The van der Waals surface area contributed by atoms with Gasteiger partial charge < -0.3 is 10.6 Å². The van der Waals surface area contributed by atoms with Gasteiger partial charge >= 0.3 is 0 Å². The van der Waals surface area contributed by atoms with Crippen LogP contribution in [0.4, 0.5) is 5.69 Å². The smallest absolute Gasteiger partial charge is 0.251 e. The zero-order chi connectivity index (χ0) is 17.1. The van der Waals surface area contributed by atoms with Crippen LogP contribution in [0.2, 0.25) is 5.02 Å². The highest BCUT2D eigenvalue weighted by atomic mass is 35.5. The van der Waals surface area contributed by atoms with Crippen molar-refractivity contribution in [2.75, 3.05) is 11.9 Å². The van der Waals surface area contributed by atoms with Gasteiger partial charge in [-0.2, -0.15) is 0 Å². The largest absolute Gasteiger partial charge is 0.343 e. The minimum atomic E-state index is -0.346. The first-order valence-corrected chi connectivity index (χ1v) is 8.41. The number of fused-ring (bicyclic) bond motifs is 1. The van der Waals surface area contributed by atoms with Crippen LogP contribution < -0.4 is 10.6 Å². The van der Waals surface area contributed by atoms with Gasteiger partial charge in [0.1, 0.15) is 0 Å².